The number of fused-ring (bicyclic) bond motifs is 1. The van der Waals surface area contributed by atoms with Gasteiger partial charge in [0.1, 0.15) is 11.5 Å². The maximum atomic E-state index is 13.1. The zero-order valence-corrected chi connectivity index (χ0v) is 9.90. The van der Waals surface area contributed by atoms with Crippen molar-refractivity contribution in [2.75, 3.05) is 13.1 Å². The summed E-state index contributed by atoms with van der Waals surface area (Å²) in [5.74, 6) is -0.153. The first kappa shape index (κ1) is 11.3. The van der Waals surface area contributed by atoms with Crippen molar-refractivity contribution in [1.82, 2.24) is 14.7 Å². The van der Waals surface area contributed by atoms with Gasteiger partial charge in [-0.3, -0.25) is 9.20 Å². The third-order valence-electron chi connectivity index (χ3n) is 3.36. The van der Waals surface area contributed by atoms with Gasteiger partial charge in [-0.2, -0.15) is 0 Å². The molecular weight excluding hydrogens is 233 g/mol. The minimum atomic E-state index is -0.432. The van der Waals surface area contributed by atoms with E-state index in [1.54, 1.807) is 0 Å². The molecule has 5 heteroatoms. The van der Waals surface area contributed by atoms with Gasteiger partial charge in [-0.15, -0.1) is 0 Å². The van der Waals surface area contributed by atoms with E-state index < -0.39 is 5.82 Å². The fraction of sp³-hybridized carbons (Fsp3) is 0.385. The molecule has 4 nitrogen and oxygen atoms in total. The van der Waals surface area contributed by atoms with Crippen LogP contribution in [0.2, 0.25) is 0 Å². The molecule has 1 aliphatic heterocycles. The SMILES string of the molecule is O=c1cc(C2CCCNC2)nc2ccc(F)cn12. The van der Waals surface area contributed by atoms with Crippen molar-refractivity contribution in [2.24, 2.45) is 0 Å². The highest BCUT2D eigenvalue weighted by atomic mass is 19.1. The van der Waals surface area contributed by atoms with Crippen molar-refractivity contribution >= 4 is 5.65 Å². The average molecular weight is 247 g/mol. The highest BCUT2D eigenvalue weighted by Crippen LogP contribution is 2.20. The van der Waals surface area contributed by atoms with Gasteiger partial charge in [0, 0.05) is 24.7 Å². The number of piperidine rings is 1. The van der Waals surface area contributed by atoms with E-state index >= 15 is 0 Å². The van der Waals surface area contributed by atoms with E-state index in [0.717, 1.165) is 31.6 Å². The monoisotopic (exact) mass is 247 g/mol. The van der Waals surface area contributed by atoms with Crippen molar-refractivity contribution in [1.29, 1.82) is 0 Å². The summed E-state index contributed by atoms with van der Waals surface area (Å²) in [5, 5.41) is 3.30. The molecule has 1 fully saturated rings. The van der Waals surface area contributed by atoms with Gasteiger partial charge in [0.05, 0.1) is 5.69 Å². The molecule has 1 N–H and O–H groups in total. The Kier molecular flexibility index (Phi) is 2.83. The molecule has 0 aliphatic carbocycles. The second kappa shape index (κ2) is 4.49. The standard InChI is InChI=1S/C13H14FN3O/c14-10-3-4-12-16-11(6-13(18)17(12)8-10)9-2-1-5-15-7-9/h3-4,6,8-9,15H,1-2,5,7H2. The number of hydrogen-bond donors (Lipinski definition) is 1. The lowest BCUT2D eigenvalue weighted by Crippen LogP contribution is -2.30. The number of nitrogens with zero attached hydrogens (tertiary/aromatic N) is 2. The summed E-state index contributed by atoms with van der Waals surface area (Å²) in [6.07, 6.45) is 3.31. The van der Waals surface area contributed by atoms with E-state index in [4.69, 9.17) is 0 Å². The molecule has 1 atom stereocenters. The highest BCUT2D eigenvalue weighted by molar-refractivity contribution is 5.39. The molecule has 94 valence electrons. The van der Waals surface area contributed by atoms with Crippen molar-refractivity contribution in [3.63, 3.8) is 0 Å². The van der Waals surface area contributed by atoms with Gasteiger partial charge in [0.15, 0.2) is 0 Å². The molecule has 0 bridgehead atoms. The maximum Gasteiger partial charge on any atom is 0.258 e. The minimum Gasteiger partial charge on any atom is -0.316 e. The minimum absolute atomic E-state index is 0.222. The largest absolute Gasteiger partial charge is 0.316 e. The molecule has 1 saturated heterocycles. The molecule has 1 unspecified atom stereocenters. The van der Waals surface area contributed by atoms with Crippen LogP contribution in [0.5, 0.6) is 0 Å². The summed E-state index contributed by atoms with van der Waals surface area (Å²) in [7, 11) is 0. The first-order valence-electron chi connectivity index (χ1n) is 6.13. The van der Waals surface area contributed by atoms with Gasteiger partial charge in [-0.25, -0.2) is 9.37 Å². The van der Waals surface area contributed by atoms with Gasteiger partial charge in [0.2, 0.25) is 0 Å². The molecule has 0 radical (unpaired) electrons. The van der Waals surface area contributed by atoms with Crippen LogP contribution in [0, 0.1) is 5.82 Å². The van der Waals surface area contributed by atoms with Crippen LogP contribution in [-0.4, -0.2) is 22.5 Å². The third-order valence-corrected chi connectivity index (χ3v) is 3.36. The van der Waals surface area contributed by atoms with Crippen LogP contribution < -0.4 is 10.9 Å². The third kappa shape index (κ3) is 2.01. The van der Waals surface area contributed by atoms with Crippen molar-refractivity contribution in [3.05, 3.63) is 46.3 Å². The van der Waals surface area contributed by atoms with E-state index in [1.165, 1.54) is 28.8 Å². The number of aromatic nitrogens is 2. The molecule has 18 heavy (non-hydrogen) atoms. The fourth-order valence-corrected chi connectivity index (χ4v) is 2.41. The van der Waals surface area contributed by atoms with Gasteiger partial charge < -0.3 is 5.32 Å². The number of halogens is 1. The summed E-state index contributed by atoms with van der Waals surface area (Å²) in [6, 6.07) is 4.38. The van der Waals surface area contributed by atoms with Crippen molar-refractivity contribution < 1.29 is 4.39 Å². The van der Waals surface area contributed by atoms with Crippen LogP contribution in [0.4, 0.5) is 4.39 Å². The van der Waals surface area contributed by atoms with E-state index in [0.29, 0.717) is 5.65 Å². The topological polar surface area (TPSA) is 46.4 Å². The molecule has 0 spiro atoms. The van der Waals surface area contributed by atoms with Crippen LogP contribution in [0.1, 0.15) is 24.5 Å². The molecule has 0 amide bonds. The lowest BCUT2D eigenvalue weighted by molar-refractivity contribution is 0.454. The number of nitrogens with one attached hydrogen (secondary N) is 1. The smallest absolute Gasteiger partial charge is 0.258 e. The molecule has 3 heterocycles. The van der Waals surface area contributed by atoms with E-state index in [1.807, 2.05) is 0 Å². The first-order chi connectivity index (χ1) is 8.74. The molecular formula is C13H14FN3O. The van der Waals surface area contributed by atoms with Crippen LogP contribution >= 0.6 is 0 Å². The Balaban J connectivity index is 2.09. The molecule has 3 rings (SSSR count). The Morgan fingerprint density at radius 3 is 3.11 bits per heavy atom. The van der Waals surface area contributed by atoms with Gasteiger partial charge in [-0.1, -0.05) is 0 Å². The summed E-state index contributed by atoms with van der Waals surface area (Å²) >= 11 is 0. The molecule has 0 aromatic carbocycles. The lowest BCUT2D eigenvalue weighted by atomic mass is 9.96. The molecule has 0 saturated carbocycles. The molecule has 1 aliphatic rings. The Hall–Kier alpha value is -1.75. The average Bonchev–Trinajstić information content (AvgIpc) is 2.40. The first-order valence-corrected chi connectivity index (χ1v) is 6.13. The predicted molar refractivity (Wildman–Crippen MR) is 66.3 cm³/mol. The molecule has 2 aromatic rings. The van der Waals surface area contributed by atoms with Crippen LogP contribution in [0.25, 0.3) is 5.65 Å². The van der Waals surface area contributed by atoms with E-state index in [9.17, 15) is 9.18 Å². The number of rotatable bonds is 1. The van der Waals surface area contributed by atoms with Gasteiger partial charge >= 0.3 is 0 Å². The second-order valence-electron chi connectivity index (χ2n) is 4.64. The number of pyridine rings is 1. The van der Waals surface area contributed by atoms with Gasteiger partial charge in [-0.05, 0) is 31.5 Å². The summed E-state index contributed by atoms with van der Waals surface area (Å²) in [4.78, 5) is 16.4. The summed E-state index contributed by atoms with van der Waals surface area (Å²) < 4.78 is 14.3. The Bertz CT molecular complexity index is 632. The second-order valence-corrected chi connectivity index (χ2v) is 4.64. The van der Waals surface area contributed by atoms with Crippen molar-refractivity contribution in [3.8, 4) is 0 Å². The number of hydrogen-bond acceptors (Lipinski definition) is 3. The fourth-order valence-electron chi connectivity index (χ4n) is 2.41. The zero-order valence-electron chi connectivity index (χ0n) is 9.90. The zero-order chi connectivity index (χ0) is 12.5. The quantitative estimate of drug-likeness (QED) is 0.826. The molecule has 2 aromatic heterocycles. The Morgan fingerprint density at radius 2 is 2.33 bits per heavy atom. The van der Waals surface area contributed by atoms with Crippen LogP contribution in [-0.2, 0) is 0 Å². The van der Waals surface area contributed by atoms with E-state index in [2.05, 4.69) is 10.3 Å². The lowest BCUT2D eigenvalue weighted by Gasteiger charge is -2.22. The van der Waals surface area contributed by atoms with Crippen LogP contribution in [0.3, 0.4) is 0 Å². The Labute approximate surface area is 103 Å². The summed E-state index contributed by atoms with van der Waals surface area (Å²) in [6.45, 7) is 1.87. The Morgan fingerprint density at radius 1 is 1.44 bits per heavy atom. The maximum absolute atomic E-state index is 13.1. The van der Waals surface area contributed by atoms with E-state index in [-0.39, 0.29) is 11.5 Å². The normalized spacial score (nSPS) is 20.2. The van der Waals surface area contributed by atoms with Gasteiger partial charge in [0.25, 0.3) is 5.56 Å². The predicted octanol–water partition coefficient (Wildman–Crippen LogP) is 1.30. The van der Waals surface area contributed by atoms with Crippen molar-refractivity contribution in [2.45, 2.75) is 18.8 Å². The van der Waals surface area contributed by atoms with Crippen LogP contribution in [0.15, 0.2) is 29.2 Å². The highest BCUT2D eigenvalue weighted by Gasteiger charge is 2.17. The summed E-state index contributed by atoms with van der Waals surface area (Å²) in [5.41, 5.74) is 1.09.